The van der Waals surface area contributed by atoms with Crippen LogP contribution < -0.4 is 5.73 Å². The second-order valence-corrected chi connectivity index (χ2v) is 5.73. The van der Waals surface area contributed by atoms with Gasteiger partial charge in [-0.25, -0.2) is 20.0 Å². The highest BCUT2D eigenvalue weighted by atomic mass is 35.5. The molecule has 2 radical (unpaired) electrons. The molecule has 10 heteroatoms. The molecule has 1 aliphatic rings. The summed E-state index contributed by atoms with van der Waals surface area (Å²) in [7, 11) is 1.56. The Labute approximate surface area is 112 Å². The molecule has 8 nitrogen and oxygen atoms in total. The lowest BCUT2D eigenvalue weighted by Gasteiger charge is -2.37. The van der Waals surface area contributed by atoms with E-state index in [0.29, 0.717) is 9.34 Å². The summed E-state index contributed by atoms with van der Waals surface area (Å²) >= 11 is 6.84. The third-order valence-corrected chi connectivity index (χ3v) is 3.81. The first kappa shape index (κ1) is 13.6. The smallest absolute Gasteiger partial charge is 0.296 e. The van der Waals surface area contributed by atoms with Crippen molar-refractivity contribution in [3.63, 3.8) is 0 Å². The average molecular weight is 293 g/mol. The number of hydrogen-bond donors (Lipinski definition) is 0. The lowest BCUT2D eigenvalue weighted by atomic mass is 10.4. The van der Waals surface area contributed by atoms with E-state index in [1.807, 2.05) is 0 Å². The molecule has 2 heterocycles. The van der Waals surface area contributed by atoms with Gasteiger partial charge in [0.05, 0.1) is 4.88 Å². The minimum absolute atomic E-state index is 0.0249. The van der Waals surface area contributed by atoms with E-state index in [-0.39, 0.29) is 20.0 Å². The van der Waals surface area contributed by atoms with Crippen molar-refractivity contribution in [1.82, 2.24) is 15.6 Å². The van der Waals surface area contributed by atoms with Gasteiger partial charge in [-0.1, -0.05) is 17.3 Å². The van der Waals surface area contributed by atoms with Crippen molar-refractivity contribution in [1.29, 1.82) is 0 Å². The summed E-state index contributed by atoms with van der Waals surface area (Å²) in [5.41, 5.74) is 10.1. The Morgan fingerprint density at radius 1 is 1.89 bits per heavy atom. The first-order valence-electron chi connectivity index (χ1n) is 5.03. The van der Waals surface area contributed by atoms with E-state index in [0.717, 1.165) is 11.3 Å². The van der Waals surface area contributed by atoms with Crippen molar-refractivity contribution < 1.29 is 14.4 Å². The zero-order valence-corrected chi connectivity index (χ0v) is 11.1. The number of rotatable bonds is 3. The SMILES string of the molecule is CN1COC[N+](Cc2cnc(Cl)s2)([N+](=O)[O-])C1[N]. The molecule has 0 saturated carbocycles. The van der Waals surface area contributed by atoms with E-state index >= 15 is 0 Å². The Bertz CT molecular complexity index is 458. The van der Waals surface area contributed by atoms with Gasteiger partial charge in [-0.2, -0.15) is 0 Å². The summed E-state index contributed by atoms with van der Waals surface area (Å²) in [5.74, 6) is 0. The maximum Gasteiger partial charge on any atom is 0.296 e. The maximum absolute atomic E-state index is 11.3. The molecule has 0 aromatic carbocycles. The molecule has 0 aliphatic carbocycles. The van der Waals surface area contributed by atoms with Crippen molar-refractivity contribution in [2.75, 3.05) is 20.5 Å². The monoisotopic (exact) mass is 292 g/mol. The number of aromatic nitrogens is 1. The molecule has 1 aromatic heterocycles. The normalized spacial score (nSPS) is 29.4. The van der Waals surface area contributed by atoms with Gasteiger partial charge in [0.15, 0.2) is 11.0 Å². The van der Waals surface area contributed by atoms with Crippen molar-refractivity contribution in [3.05, 3.63) is 25.7 Å². The fourth-order valence-electron chi connectivity index (χ4n) is 1.79. The summed E-state index contributed by atoms with van der Waals surface area (Å²) in [6.07, 6.45) is 0.201. The van der Waals surface area contributed by atoms with Gasteiger partial charge in [-0.3, -0.25) is 0 Å². The zero-order chi connectivity index (χ0) is 13.3. The second-order valence-electron chi connectivity index (χ2n) is 4.03. The standard InChI is InChI=1S/C8H11ClN5O3S/c1-12-4-17-5-14(8(12)10,13(15)16)3-6-2-11-7(9)18-6/h2,8H,3-5H2,1H3/q+1. The minimum atomic E-state index is -1.27. The topological polar surface area (TPSA) is 90.8 Å². The molecule has 18 heavy (non-hydrogen) atoms. The number of thiazole rings is 1. The van der Waals surface area contributed by atoms with Gasteiger partial charge < -0.3 is 4.74 Å². The molecular weight excluding hydrogens is 282 g/mol. The average Bonchev–Trinajstić information content (AvgIpc) is 2.70. The number of halogens is 1. The molecule has 1 aromatic rings. The van der Waals surface area contributed by atoms with Crippen LogP contribution in [0.5, 0.6) is 0 Å². The fraction of sp³-hybridized carbons (Fsp3) is 0.625. The number of quaternary nitrogens is 1. The Morgan fingerprint density at radius 2 is 2.61 bits per heavy atom. The molecule has 2 atom stereocenters. The van der Waals surface area contributed by atoms with Crippen LogP contribution in [0.4, 0.5) is 0 Å². The zero-order valence-electron chi connectivity index (χ0n) is 9.52. The second kappa shape index (κ2) is 5.03. The van der Waals surface area contributed by atoms with Crippen molar-refractivity contribution in [2.45, 2.75) is 12.8 Å². The summed E-state index contributed by atoms with van der Waals surface area (Å²) in [6, 6.07) is 0. The summed E-state index contributed by atoms with van der Waals surface area (Å²) in [6.45, 7) is -0.0740. The molecule has 2 unspecified atom stereocenters. The van der Waals surface area contributed by atoms with E-state index < -0.39 is 15.9 Å². The summed E-state index contributed by atoms with van der Waals surface area (Å²) in [5, 5.41) is 10.8. The molecule has 0 N–H and O–H groups in total. The lowest BCUT2D eigenvalue weighted by Crippen LogP contribution is -2.68. The van der Waals surface area contributed by atoms with Crippen LogP contribution in [0, 0.1) is 10.1 Å². The molecule has 98 valence electrons. The molecule has 0 spiro atoms. The third-order valence-electron chi connectivity index (χ3n) is 2.71. The highest BCUT2D eigenvalue weighted by Gasteiger charge is 2.54. The molecule has 0 amide bonds. The van der Waals surface area contributed by atoms with Gasteiger partial charge in [0.2, 0.25) is 11.8 Å². The van der Waals surface area contributed by atoms with Crippen molar-refractivity contribution in [2.24, 2.45) is 0 Å². The van der Waals surface area contributed by atoms with Gasteiger partial charge in [0.25, 0.3) is 6.29 Å². The Morgan fingerprint density at radius 3 is 3.17 bits per heavy atom. The molecule has 1 saturated heterocycles. The van der Waals surface area contributed by atoms with Crippen LogP contribution in [0.1, 0.15) is 4.88 Å². The highest BCUT2D eigenvalue weighted by molar-refractivity contribution is 7.15. The first-order chi connectivity index (χ1) is 8.45. The maximum atomic E-state index is 11.3. The summed E-state index contributed by atoms with van der Waals surface area (Å²) in [4.78, 5) is 17.1. The lowest BCUT2D eigenvalue weighted by molar-refractivity contribution is -1.36. The quantitative estimate of drug-likeness (QED) is 0.460. The van der Waals surface area contributed by atoms with Gasteiger partial charge in [-0.05, 0) is 7.05 Å². The molecule has 1 aliphatic heterocycles. The van der Waals surface area contributed by atoms with Gasteiger partial charge in [0, 0.05) is 10.8 Å². The largest absolute Gasteiger partial charge is 0.311 e. The van der Waals surface area contributed by atoms with Gasteiger partial charge >= 0.3 is 0 Å². The number of nitrogens with zero attached hydrogens (tertiary/aromatic N) is 5. The van der Waals surface area contributed by atoms with Gasteiger partial charge in [-0.15, -0.1) is 11.3 Å². The van der Waals surface area contributed by atoms with E-state index in [2.05, 4.69) is 4.98 Å². The van der Waals surface area contributed by atoms with Crippen LogP contribution in [0.25, 0.3) is 0 Å². The minimum Gasteiger partial charge on any atom is -0.311 e. The molecule has 0 bridgehead atoms. The number of hydrogen-bond acceptors (Lipinski definition) is 6. The van der Waals surface area contributed by atoms with Crippen LogP contribution in [0.2, 0.25) is 4.47 Å². The molecule has 2 rings (SSSR count). The van der Waals surface area contributed by atoms with Crippen LogP contribution in [0.15, 0.2) is 6.20 Å². The van der Waals surface area contributed by atoms with E-state index in [1.54, 1.807) is 7.05 Å². The van der Waals surface area contributed by atoms with Crippen LogP contribution in [-0.2, 0) is 11.3 Å². The number of ether oxygens (including phenoxy) is 1. The Balaban J connectivity index is 2.29. The Hall–Kier alpha value is -0.840. The van der Waals surface area contributed by atoms with Crippen molar-refractivity contribution >= 4 is 22.9 Å². The third kappa shape index (κ3) is 2.32. The van der Waals surface area contributed by atoms with Crippen LogP contribution >= 0.6 is 22.9 Å². The van der Waals surface area contributed by atoms with E-state index in [4.69, 9.17) is 16.3 Å². The van der Waals surface area contributed by atoms with E-state index in [1.165, 1.54) is 11.1 Å². The highest BCUT2D eigenvalue weighted by Crippen LogP contribution is 2.27. The van der Waals surface area contributed by atoms with Gasteiger partial charge in [0.1, 0.15) is 6.73 Å². The fourth-order valence-corrected chi connectivity index (χ4v) is 2.85. The molecular formula is C8H11ClN5O3S+. The number of nitro groups is 1. The predicted molar refractivity (Wildman–Crippen MR) is 62.6 cm³/mol. The van der Waals surface area contributed by atoms with Crippen molar-refractivity contribution in [3.8, 4) is 0 Å². The van der Waals surface area contributed by atoms with Crippen LogP contribution in [-0.4, -0.2) is 46.3 Å². The first-order valence-corrected chi connectivity index (χ1v) is 6.23. The predicted octanol–water partition coefficient (Wildman–Crippen LogP) is 0.534. The summed E-state index contributed by atoms with van der Waals surface area (Å²) < 4.78 is 4.64. The van der Waals surface area contributed by atoms with Crippen LogP contribution in [0.3, 0.4) is 0 Å². The molecule has 1 fully saturated rings. The van der Waals surface area contributed by atoms with E-state index in [9.17, 15) is 15.8 Å². The Kier molecular flexibility index (Phi) is 3.80.